The molecule has 462 valence electrons. The third-order valence-corrected chi connectivity index (χ3v) is 15.7. The molecule has 0 heterocycles. The summed E-state index contributed by atoms with van der Waals surface area (Å²) in [6.45, 7) is 9.33. The van der Waals surface area contributed by atoms with Crippen molar-refractivity contribution in [2.75, 3.05) is 39.6 Å². The molecule has 6 atom stereocenters. The largest absolute Gasteiger partial charge is 0.472 e. The zero-order chi connectivity index (χ0) is 58.0. The Bertz CT molecular complexity index is 1550. The van der Waals surface area contributed by atoms with Crippen molar-refractivity contribution in [2.24, 2.45) is 11.8 Å². The van der Waals surface area contributed by atoms with Crippen LogP contribution in [0.15, 0.2) is 0 Å². The molecule has 0 radical (unpaired) electrons. The van der Waals surface area contributed by atoms with Gasteiger partial charge in [0.2, 0.25) is 0 Å². The smallest absolute Gasteiger partial charge is 0.462 e. The normalized spacial score (nSPS) is 14.8. The summed E-state index contributed by atoms with van der Waals surface area (Å²) in [5.74, 6) is -0.680. The van der Waals surface area contributed by atoms with Gasteiger partial charge in [0.05, 0.1) is 26.4 Å². The number of hydrogen-bond donors (Lipinski definition) is 3. The van der Waals surface area contributed by atoms with Gasteiger partial charge in [-0.1, -0.05) is 234 Å². The Morgan fingerprint density at radius 2 is 0.654 bits per heavy atom. The Balaban J connectivity index is 5.22. The van der Waals surface area contributed by atoms with Gasteiger partial charge in [0, 0.05) is 25.7 Å². The van der Waals surface area contributed by atoms with Crippen LogP contribution < -0.4 is 0 Å². The fraction of sp³-hybridized carbons (Fsp3) is 0.932. The van der Waals surface area contributed by atoms with Crippen LogP contribution in [0.4, 0.5) is 0 Å². The summed E-state index contributed by atoms with van der Waals surface area (Å²) < 4.78 is 67.6. The van der Waals surface area contributed by atoms with Gasteiger partial charge in [-0.25, -0.2) is 9.13 Å². The van der Waals surface area contributed by atoms with Crippen molar-refractivity contribution < 1.29 is 80.2 Å². The minimum Gasteiger partial charge on any atom is -0.462 e. The summed E-state index contributed by atoms with van der Waals surface area (Å²) in [7, 11) is -9.87. The number of rotatable bonds is 58. The van der Waals surface area contributed by atoms with Crippen LogP contribution in [0.1, 0.15) is 286 Å². The van der Waals surface area contributed by atoms with Crippen molar-refractivity contribution >= 4 is 39.5 Å². The van der Waals surface area contributed by atoms with Gasteiger partial charge in [0.1, 0.15) is 19.3 Å². The Labute approximate surface area is 473 Å². The van der Waals surface area contributed by atoms with Gasteiger partial charge >= 0.3 is 39.5 Å². The van der Waals surface area contributed by atoms with E-state index in [1.807, 2.05) is 0 Å². The molecule has 0 bridgehead atoms. The van der Waals surface area contributed by atoms with E-state index in [1.54, 1.807) is 0 Å². The van der Waals surface area contributed by atoms with Crippen molar-refractivity contribution in [1.82, 2.24) is 0 Å². The minimum atomic E-state index is -4.94. The first kappa shape index (κ1) is 76.1. The summed E-state index contributed by atoms with van der Waals surface area (Å²) in [5, 5.41) is 10.5. The Kier molecular flexibility index (Phi) is 50.6. The summed E-state index contributed by atoms with van der Waals surface area (Å²) in [4.78, 5) is 71.8. The molecule has 3 N–H and O–H groups in total. The summed E-state index contributed by atoms with van der Waals surface area (Å²) >= 11 is 0. The van der Waals surface area contributed by atoms with E-state index >= 15 is 0 Å². The number of aliphatic hydroxyl groups excluding tert-OH is 1. The molecule has 0 spiro atoms. The fourth-order valence-corrected chi connectivity index (χ4v) is 10.2. The number of aliphatic hydroxyl groups is 1. The van der Waals surface area contributed by atoms with E-state index in [-0.39, 0.29) is 25.7 Å². The van der Waals surface area contributed by atoms with Gasteiger partial charge in [-0.05, 0) is 37.5 Å². The van der Waals surface area contributed by atoms with Crippen molar-refractivity contribution in [3.8, 4) is 0 Å². The maximum absolute atomic E-state index is 12.9. The molecule has 0 rings (SSSR count). The Hall–Kier alpha value is -1.94. The molecule has 19 heteroatoms. The second kappa shape index (κ2) is 51.9. The monoisotopic (exact) mass is 1160 g/mol. The van der Waals surface area contributed by atoms with E-state index in [9.17, 15) is 43.2 Å². The summed E-state index contributed by atoms with van der Waals surface area (Å²) in [6, 6.07) is 0. The van der Waals surface area contributed by atoms with Crippen molar-refractivity contribution in [3.05, 3.63) is 0 Å². The molecule has 0 saturated heterocycles. The molecule has 0 aromatic rings. The summed E-state index contributed by atoms with van der Waals surface area (Å²) in [5.41, 5.74) is 0. The molecule has 0 fully saturated rings. The summed E-state index contributed by atoms with van der Waals surface area (Å²) in [6.07, 6.45) is 32.2. The number of carbonyl (C=O) groups is 4. The average Bonchev–Trinajstić information content (AvgIpc) is 3.40. The van der Waals surface area contributed by atoms with E-state index in [0.29, 0.717) is 25.7 Å². The lowest BCUT2D eigenvalue weighted by molar-refractivity contribution is -0.161. The lowest BCUT2D eigenvalue weighted by Gasteiger charge is -2.21. The van der Waals surface area contributed by atoms with Crippen LogP contribution in [0.25, 0.3) is 0 Å². The first-order valence-electron chi connectivity index (χ1n) is 31.0. The third-order valence-electron chi connectivity index (χ3n) is 13.8. The van der Waals surface area contributed by atoms with E-state index in [4.69, 9.17) is 37.0 Å². The van der Waals surface area contributed by atoms with Gasteiger partial charge < -0.3 is 33.8 Å². The fourth-order valence-electron chi connectivity index (χ4n) is 8.61. The van der Waals surface area contributed by atoms with Crippen LogP contribution in [0.2, 0.25) is 0 Å². The van der Waals surface area contributed by atoms with Crippen LogP contribution in [0.3, 0.4) is 0 Å². The van der Waals surface area contributed by atoms with Gasteiger partial charge in [-0.15, -0.1) is 0 Å². The number of phosphoric acid groups is 2. The van der Waals surface area contributed by atoms with Crippen LogP contribution in [0.5, 0.6) is 0 Å². The molecule has 78 heavy (non-hydrogen) atoms. The SMILES string of the molecule is CCCCCCCCCCC(=O)OC[C@H](COP(=O)(O)OC[C@H](O)COP(=O)(O)OC[C@@H](COC(=O)CCCCCCCCC(C)CC)OC(=O)CCCCCCCCCCCC(C)C)OC(=O)CCCCCCCCCC. The molecule has 17 nitrogen and oxygen atoms in total. The zero-order valence-electron chi connectivity index (χ0n) is 50.0. The number of hydrogen-bond acceptors (Lipinski definition) is 15. The number of ether oxygens (including phenoxy) is 4. The molecular weight excluding hydrogens is 1040 g/mol. The number of phosphoric ester groups is 2. The second-order valence-corrected chi connectivity index (χ2v) is 25.0. The maximum atomic E-state index is 12.9. The quantitative estimate of drug-likeness (QED) is 0.0222. The first-order valence-corrected chi connectivity index (χ1v) is 34.0. The number of esters is 4. The molecule has 0 aromatic carbocycles. The highest BCUT2D eigenvalue weighted by Crippen LogP contribution is 2.45. The van der Waals surface area contributed by atoms with Gasteiger partial charge in [-0.3, -0.25) is 37.3 Å². The van der Waals surface area contributed by atoms with Crippen LogP contribution >= 0.6 is 15.6 Å². The molecule has 0 aliphatic heterocycles. The lowest BCUT2D eigenvalue weighted by atomic mass is 10.00. The molecule has 0 aliphatic carbocycles. The highest BCUT2D eigenvalue weighted by atomic mass is 31.2. The maximum Gasteiger partial charge on any atom is 0.472 e. The topological polar surface area (TPSA) is 237 Å². The lowest BCUT2D eigenvalue weighted by Crippen LogP contribution is -2.30. The van der Waals surface area contributed by atoms with Crippen molar-refractivity contribution in [1.29, 1.82) is 0 Å². The van der Waals surface area contributed by atoms with Crippen LogP contribution in [0, 0.1) is 11.8 Å². The van der Waals surface area contributed by atoms with E-state index in [2.05, 4.69) is 41.5 Å². The predicted molar refractivity (Wildman–Crippen MR) is 308 cm³/mol. The minimum absolute atomic E-state index is 0.104. The molecule has 0 saturated carbocycles. The average molecular weight is 1160 g/mol. The number of carbonyl (C=O) groups excluding carboxylic acids is 4. The van der Waals surface area contributed by atoms with E-state index < -0.39 is 97.5 Å². The van der Waals surface area contributed by atoms with Gasteiger partial charge in [-0.2, -0.15) is 0 Å². The highest BCUT2D eigenvalue weighted by Gasteiger charge is 2.30. The van der Waals surface area contributed by atoms with Gasteiger partial charge in [0.25, 0.3) is 0 Å². The molecule has 0 amide bonds. The van der Waals surface area contributed by atoms with Crippen LogP contribution in [-0.2, 0) is 65.4 Å². The zero-order valence-corrected chi connectivity index (χ0v) is 51.7. The molecule has 0 aliphatic rings. The Morgan fingerprint density at radius 1 is 0.372 bits per heavy atom. The molecule has 0 aromatic heterocycles. The van der Waals surface area contributed by atoms with E-state index in [0.717, 1.165) is 121 Å². The van der Waals surface area contributed by atoms with E-state index in [1.165, 1.54) is 83.5 Å². The predicted octanol–water partition coefficient (Wildman–Crippen LogP) is 15.7. The highest BCUT2D eigenvalue weighted by molar-refractivity contribution is 7.47. The standard InChI is InChI=1S/C59H114O17P2/c1-7-10-12-14-16-22-29-35-41-56(61)69-47-54(75-58(63)43-37-31-23-17-15-13-11-8-2)49-73-77(65,66)71-45-53(60)46-72-78(67,68)74-50-55(48-70-57(62)42-36-30-26-25-28-34-40-52(6)9-3)76-59(64)44-38-32-24-20-18-19-21-27-33-39-51(4)5/h51-55,60H,7-50H2,1-6H3,(H,65,66)(H,67,68)/t52?,53-,54+,55+/m0/s1. The van der Waals surface area contributed by atoms with Crippen molar-refractivity contribution in [2.45, 2.75) is 304 Å². The van der Waals surface area contributed by atoms with Crippen molar-refractivity contribution in [3.63, 3.8) is 0 Å². The Morgan fingerprint density at radius 3 is 0.974 bits per heavy atom. The van der Waals surface area contributed by atoms with Crippen LogP contribution in [-0.4, -0.2) is 96.7 Å². The molecule has 3 unspecified atom stereocenters. The molecular formula is C59H114O17P2. The number of unbranched alkanes of at least 4 members (excludes halogenated alkanes) is 27. The first-order chi connectivity index (χ1) is 37.4. The second-order valence-electron chi connectivity index (χ2n) is 22.1. The van der Waals surface area contributed by atoms with Gasteiger partial charge in [0.15, 0.2) is 12.2 Å². The third kappa shape index (κ3) is 52.2.